The summed E-state index contributed by atoms with van der Waals surface area (Å²) in [6, 6.07) is 7.16. The van der Waals surface area contributed by atoms with Crippen molar-refractivity contribution < 1.29 is 13.2 Å². The molecular formula is C17H28N2O3S. The number of benzene rings is 1. The SMILES string of the molecule is CCS(=O)(=O)c1ccc(N(C)CCN2C[C@@H](C)O[C@@H](C)C2)cc1. The Kier molecular flexibility index (Phi) is 6.06. The van der Waals surface area contributed by atoms with Gasteiger partial charge in [0.05, 0.1) is 22.9 Å². The summed E-state index contributed by atoms with van der Waals surface area (Å²) in [6.07, 6.45) is 0.560. The predicted molar refractivity (Wildman–Crippen MR) is 93.9 cm³/mol. The lowest BCUT2D eigenvalue weighted by molar-refractivity contribution is -0.0670. The summed E-state index contributed by atoms with van der Waals surface area (Å²) in [5, 5.41) is 0. The average molecular weight is 340 g/mol. The van der Waals surface area contributed by atoms with E-state index in [0.717, 1.165) is 31.9 Å². The molecule has 130 valence electrons. The van der Waals surface area contributed by atoms with Crippen molar-refractivity contribution in [2.75, 3.05) is 43.9 Å². The molecule has 0 N–H and O–H groups in total. The van der Waals surface area contributed by atoms with Crippen molar-refractivity contribution in [1.29, 1.82) is 0 Å². The van der Waals surface area contributed by atoms with E-state index in [1.165, 1.54) is 0 Å². The highest BCUT2D eigenvalue weighted by molar-refractivity contribution is 7.91. The summed E-state index contributed by atoms with van der Waals surface area (Å²) >= 11 is 0. The van der Waals surface area contributed by atoms with Crippen LogP contribution in [0.25, 0.3) is 0 Å². The Morgan fingerprint density at radius 3 is 2.26 bits per heavy atom. The molecule has 0 bridgehead atoms. The standard InChI is InChI=1S/C17H28N2O3S/c1-5-23(20,21)17-8-6-16(7-9-17)18(4)10-11-19-12-14(2)22-15(3)13-19/h6-9,14-15H,5,10-13H2,1-4H3/t14-,15+. The van der Waals surface area contributed by atoms with Crippen LogP contribution >= 0.6 is 0 Å². The summed E-state index contributed by atoms with van der Waals surface area (Å²) in [7, 11) is -1.08. The first-order valence-electron chi connectivity index (χ1n) is 8.23. The fourth-order valence-electron chi connectivity index (χ4n) is 2.96. The van der Waals surface area contributed by atoms with Gasteiger partial charge in [0, 0.05) is 38.9 Å². The van der Waals surface area contributed by atoms with Crippen molar-refractivity contribution in [3.05, 3.63) is 24.3 Å². The zero-order valence-corrected chi connectivity index (χ0v) is 15.3. The van der Waals surface area contributed by atoms with Crippen LogP contribution in [0.2, 0.25) is 0 Å². The molecule has 0 saturated carbocycles. The van der Waals surface area contributed by atoms with Crippen LogP contribution in [0, 0.1) is 0 Å². The molecule has 0 aliphatic carbocycles. The van der Waals surface area contributed by atoms with Gasteiger partial charge in [-0.05, 0) is 38.1 Å². The van der Waals surface area contributed by atoms with Crippen molar-refractivity contribution >= 4 is 15.5 Å². The lowest BCUT2D eigenvalue weighted by Gasteiger charge is -2.36. The van der Waals surface area contributed by atoms with Crippen molar-refractivity contribution in [1.82, 2.24) is 4.90 Å². The third kappa shape index (κ3) is 4.93. The molecule has 0 aromatic heterocycles. The molecule has 1 fully saturated rings. The van der Waals surface area contributed by atoms with E-state index < -0.39 is 9.84 Å². The number of hydrogen-bond donors (Lipinski definition) is 0. The van der Waals surface area contributed by atoms with Gasteiger partial charge >= 0.3 is 0 Å². The van der Waals surface area contributed by atoms with Gasteiger partial charge in [0.25, 0.3) is 0 Å². The Labute approximate surface area is 140 Å². The summed E-state index contributed by atoms with van der Waals surface area (Å²) in [5.74, 6) is 0.135. The molecule has 0 amide bonds. The summed E-state index contributed by atoms with van der Waals surface area (Å²) in [4.78, 5) is 4.98. The smallest absolute Gasteiger partial charge is 0.178 e. The van der Waals surface area contributed by atoms with Gasteiger partial charge < -0.3 is 9.64 Å². The van der Waals surface area contributed by atoms with E-state index in [9.17, 15) is 8.42 Å². The molecule has 5 nitrogen and oxygen atoms in total. The minimum Gasteiger partial charge on any atom is -0.373 e. The average Bonchev–Trinajstić information content (AvgIpc) is 2.52. The third-order valence-electron chi connectivity index (χ3n) is 4.26. The monoisotopic (exact) mass is 340 g/mol. The zero-order chi connectivity index (χ0) is 17.0. The number of sulfone groups is 1. The highest BCUT2D eigenvalue weighted by atomic mass is 32.2. The molecule has 1 heterocycles. The van der Waals surface area contributed by atoms with E-state index in [0.29, 0.717) is 4.90 Å². The lowest BCUT2D eigenvalue weighted by Crippen LogP contribution is -2.47. The number of anilines is 1. The first-order valence-corrected chi connectivity index (χ1v) is 9.89. The van der Waals surface area contributed by atoms with E-state index in [2.05, 4.69) is 23.6 Å². The summed E-state index contributed by atoms with van der Waals surface area (Å²) in [5.41, 5.74) is 1.04. The van der Waals surface area contributed by atoms with Crippen molar-refractivity contribution in [3.8, 4) is 0 Å². The van der Waals surface area contributed by atoms with Crippen molar-refractivity contribution in [3.63, 3.8) is 0 Å². The van der Waals surface area contributed by atoms with E-state index >= 15 is 0 Å². The van der Waals surface area contributed by atoms with Gasteiger partial charge in [0.1, 0.15) is 0 Å². The Hall–Kier alpha value is -1.11. The zero-order valence-electron chi connectivity index (χ0n) is 14.5. The van der Waals surface area contributed by atoms with Crippen molar-refractivity contribution in [2.45, 2.75) is 37.9 Å². The van der Waals surface area contributed by atoms with Crippen LogP contribution in [0.3, 0.4) is 0 Å². The summed E-state index contributed by atoms with van der Waals surface area (Å²) in [6.45, 7) is 9.69. The maximum atomic E-state index is 11.8. The fraction of sp³-hybridized carbons (Fsp3) is 0.647. The van der Waals surface area contributed by atoms with Crippen molar-refractivity contribution in [2.24, 2.45) is 0 Å². The highest BCUT2D eigenvalue weighted by Gasteiger charge is 2.22. The van der Waals surface area contributed by atoms with Crippen LogP contribution < -0.4 is 4.90 Å². The Balaban J connectivity index is 1.92. The topological polar surface area (TPSA) is 49.9 Å². The second-order valence-corrected chi connectivity index (χ2v) is 8.61. The third-order valence-corrected chi connectivity index (χ3v) is 6.01. The second-order valence-electron chi connectivity index (χ2n) is 6.34. The van der Waals surface area contributed by atoms with Gasteiger partial charge in [-0.3, -0.25) is 4.90 Å². The Bertz CT molecular complexity index is 591. The molecule has 0 spiro atoms. The van der Waals surface area contributed by atoms with E-state index in [1.807, 2.05) is 19.2 Å². The predicted octanol–water partition coefficient (Wildman–Crippen LogP) is 2.03. The number of nitrogens with zero attached hydrogens (tertiary/aromatic N) is 2. The van der Waals surface area contributed by atoms with Gasteiger partial charge in [-0.1, -0.05) is 6.92 Å². The molecular weight excluding hydrogens is 312 g/mol. The van der Waals surface area contributed by atoms with Crippen LogP contribution in [-0.4, -0.2) is 64.5 Å². The molecule has 2 atom stereocenters. The van der Waals surface area contributed by atoms with Crippen LogP contribution in [-0.2, 0) is 14.6 Å². The maximum absolute atomic E-state index is 11.8. The quantitative estimate of drug-likeness (QED) is 0.793. The molecule has 6 heteroatoms. The minimum atomic E-state index is -3.12. The van der Waals surface area contributed by atoms with E-state index in [-0.39, 0.29) is 18.0 Å². The van der Waals surface area contributed by atoms with Gasteiger partial charge in [0.15, 0.2) is 9.84 Å². The number of likely N-dealkylation sites (N-methyl/N-ethyl adjacent to an activating group) is 1. The Morgan fingerprint density at radius 1 is 1.17 bits per heavy atom. The van der Waals surface area contributed by atoms with Gasteiger partial charge in [-0.15, -0.1) is 0 Å². The first-order chi connectivity index (χ1) is 10.8. The van der Waals surface area contributed by atoms with Crippen LogP contribution in [0.5, 0.6) is 0 Å². The van der Waals surface area contributed by atoms with Gasteiger partial charge in [0.2, 0.25) is 0 Å². The van der Waals surface area contributed by atoms with Crippen LogP contribution in [0.4, 0.5) is 5.69 Å². The van der Waals surface area contributed by atoms with Gasteiger partial charge in [-0.2, -0.15) is 0 Å². The molecule has 1 aromatic rings. The van der Waals surface area contributed by atoms with E-state index in [1.54, 1.807) is 19.1 Å². The number of hydrogen-bond acceptors (Lipinski definition) is 5. The number of morpholine rings is 1. The first kappa shape index (κ1) is 18.2. The molecule has 0 radical (unpaired) electrons. The van der Waals surface area contributed by atoms with E-state index in [4.69, 9.17) is 4.74 Å². The normalized spacial score (nSPS) is 23.0. The minimum absolute atomic E-state index is 0.135. The molecule has 2 rings (SSSR count). The Morgan fingerprint density at radius 2 is 1.74 bits per heavy atom. The highest BCUT2D eigenvalue weighted by Crippen LogP contribution is 2.18. The molecule has 1 aliphatic heterocycles. The fourth-order valence-corrected chi connectivity index (χ4v) is 3.85. The molecule has 23 heavy (non-hydrogen) atoms. The molecule has 0 unspecified atom stereocenters. The maximum Gasteiger partial charge on any atom is 0.178 e. The van der Waals surface area contributed by atoms with Crippen LogP contribution in [0.15, 0.2) is 29.2 Å². The summed E-state index contributed by atoms with van der Waals surface area (Å²) < 4.78 is 29.4. The number of ether oxygens (including phenoxy) is 1. The lowest BCUT2D eigenvalue weighted by atomic mass is 10.2. The molecule has 1 saturated heterocycles. The second kappa shape index (κ2) is 7.64. The van der Waals surface area contributed by atoms with Crippen LogP contribution in [0.1, 0.15) is 20.8 Å². The van der Waals surface area contributed by atoms with Gasteiger partial charge in [-0.25, -0.2) is 8.42 Å². The largest absolute Gasteiger partial charge is 0.373 e. The molecule has 1 aliphatic rings. The number of rotatable bonds is 6. The molecule has 1 aromatic carbocycles.